The second-order valence-corrected chi connectivity index (χ2v) is 15.8. The van der Waals surface area contributed by atoms with Crippen molar-refractivity contribution in [2.75, 3.05) is 0 Å². The van der Waals surface area contributed by atoms with E-state index in [-0.39, 0.29) is 5.04 Å². The molecular formula is C22H42O4Si. The molecule has 0 aromatic carbocycles. The van der Waals surface area contributed by atoms with Crippen LogP contribution in [0.15, 0.2) is 0 Å². The molecule has 5 heteroatoms. The lowest BCUT2D eigenvalue weighted by molar-refractivity contribution is -0.147. The van der Waals surface area contributed by atoms with E-state index in [1.54, 1.807) is 0 Å². The molecule has 158 valence electrons. The molecule has 0 aromatic rings. The monoisotopic (exact) mass is 398 g/mol. The predicted molar refractivity (Wildman–Crippen MR) is 112 cm³/mol. The Morgan fingerprint density at radius 3 is 2.41 bits per heavy atom. The van der Waals surface area contributed by atoms with E-state index in [0.717, 1.165) is 6.42 Å². The first kappa shape index (κ1) is 22.9. The van der Waals surface area contributed by atoms with Crippen LogP contribution in [0, 0.1) is 23.2 Å². The standard InChI is InChI=1S/C22H42O4Si/c1-15(10-13-18(23)20(24)25)16-11-12-17-19(9-8-14-22(16,17)5)26-27(6,7)21(2,3)4/h15-19,23H,8-14H2,1-7H3,(H,24,25)/t15?,16-,17+,18?,19+,22-/m1/s1. The van der Waals surface area contributed by atoms with E-state index < -0.39 is 20.4 Å². The van der Waals surface area contributed by atoms with Gasteiger partial charge in [-0.2, -0.15) is 0 Å². The van der Waals surface area contributed by atoms with Gasteiger partial charge in [0.2, 0.25) is 0 Å². The van der Waals surface area contributed by atoms with Gasteiger partial charge in [0.1, 0.15) is 0 Å². The topological polar surface area (TPSA) is 66.8 Å². The number of carbonyl (C=O) groups is 1. The molecule has 2 rings (SSSR count). The van der Waals surface area contributed by atoms with Gasteiger partial charge in [-0.25, -0.2) is 4.79 Å². The Balaban J connectivity index is 2.07. The summed E-state index contributed by atoms with van der Waals surface area (Å²) >= 11 is 0. The summed E-state index contributed by atoms with van der Waals surface area (Å²) in [5.41, 5.74) is 0.291. The lowest BCUT2D eigenvalue weighted by Gasteiger charge is -2.50. The smallest absolute Gasteiger partial charge is 0.332 e. The van der Waals surface area contributed by atoms with Gasteiger partial charge >= 0.3 is 5.97 Å². The molecule has 27 heavy (non-hydrogen) atoms. The fourth-order valence-corrected chi connectivity index (χ4v) is 6.93. The SMILES string of the molecule is CC(CCC(O)C(=O)O)[C@H]1CC[C@H]2[C@@H](O[Si](C)(C)C(C)(C)C)CCC[C@]12C. The molecule has 6 atom stereocenters. The molecule has 0 saturated heterocycles. The summed E-state index contributed by atoms with van der Waals surface area (Å²) < 4.78 is 6.90. The van der Waals surface area contributed by atoms with Gasteiger partial charge in [0, 0.05) is 6.10 Å². The van der Waals surface area contributed by atoms with Crippen LogP contribution in [0.3, 0.4) is 0 Å². The average Bonchev–Trinajstić information content (AvgIpc) is 2.89. The van der Waals surface area contributed by atoms with Crippen molar-refractivity contribution in [1.29, 1.82) is 0 Å². The summed E-state index contributed by atoms with van der Waals surface area (Å²) in [5.74, 6) is 0.574. The molecule has 0 aromatic heterocycles. The largest absolute Gasteiger partial charge is 0.479 e. The first-order chi connectivity index (χ1) is 12.3. The van der Waals surface area contributed by atoms with Crippen molar-refractivity contribution in [1.82, 2.24) is 0 Å². The third-order valence-corrected chi connectivity index (χ3v) is 12.8. The predicted octanol–water partition coefficient (Wildman–Crippen LogP) is 5.46. The quantitative estimate of drug-likeness (QED) is 0.559. The van der Waals surface area contributed by atoms with Crippen molar-refractivity contribution in [2.45, 2.75) is 110 Å². The number of aliphatic hydroxyl groups excluding tert-OH is 1. The molecule has 0 heterocycles. The molecular weight excluding hydrogens is 356 g/mol. The molecule has 0 radical (unpaired) electrons. The van der Waals surface area contributed by atoms with E-state index in [9.17, 15) is 9.90 Å². The van der Waals surface area contributed by atoms with Crippen LogP contribution in [0.2, 0.25) is 18.1 Å². The zero-order valence-electron chi connectivity index (χ0n) is 18.5. The summed E-state index contributed by atoms with van der Waals surface area (Å²) in [6, 6.07) is 0. The maximum absolute atomic E-state index is 10.9. The van der Waals surface area contributed by atoms with Crippen LogP contribution in [-0.4, -0.2) is 36.7 Å². The Hall–Kier alpha value is -0.393. The van der Waals surface area contributed by atoms with Gasteiger partial charge in [0.15, 0.2) is 14.4 Å². The van der Waals surface area contributed by atoms with E-state index in [2.05, 4.69) is 47.7 Å². The number of aliphatic carboxylic acids is 1. The summed E-state index contributed by atoms with van der Waals surface area (Å²) in [6.07, 6.45) is 6.41. The first-order valence-electron chi connectivity index (χ1n) is 10.9. The van der Waals surface area contributed by atoms with Crippen molar-refractivity contribution in [3.63, 3.8) is 0 Å². The van der Waals surface area contributed by atoms with Crippen molar-refractivity contribution in [3.8, 4) is 0 Å². The summed E-state index contributed by atoms with van der Waals surface area (Å²) in [7, 11) is -1.78. The molecule has 2 aliphatic rings. The Labute approximate surface area is 167 Å². The summed E-state index contributed by atoms with van der Waals surface area (Å²) in [6.45, 7) is 16.4. The zero-order valence-corrected chi connectivity index (χ0v) is 19.5. The highest BCUT2D eigenvalue weighted by molar-refractivity contribution is 6.74. The number of hydrogen-bond donors (Lipinski definition) is 2. The van der Waals surface area contributed by atoms with Gasteiger partial charge in [-0.1, -0.05) is 41.0 Å². The Morgan fingerprint density at radius 1 is 1.22 bits per heavy atom. The van der Waals surface area contributed by atoms with E-state index in [0.29, 0.717) is 35.7 Å². The molecule has 4 nitrogen and oxygen atoms in total. The van der Waals surface area contributed by atoms with Gasteiger partial charge in [0.25, 0.3) is 0 Å². The maximum Gasteiger partial charge on any atom is 0.332 e. The van der Waals surface area contributed by atoms with Gasteiger partial charge < -0.3 is 14.6 Å². The fraction of sp³-hybridized carbons (Fsp3) is 0.955. The highest BCUT2D eigenvalue weighted by Gasteiger charge is 2.54. The molecule has 0 bridgehead atoms. The van der Waals surface area contributed by atoms with Crippen LogP contribution in [0.4, 0.5) is 0 Å². The molecule has 0 spiro atoms. The summed E-state index contributed by atoms with van der Waals surface area (Å²) in [4.78, 5) is 10.9. The Bertz CT molecular complexity index is 527. The van der Waals surface area contributed by atoms with E-state index in [1.165, 1.54) is 32.1 Å². The van der Waals surface area contributed by atoms with E-state index >= 15 is 0 Å². The molecule has 2 aliphatic carbocycles. The highest BCUT2D eigenvalue weighted by Crippen LogP contribution is 2.59. The molecule has 2 saturated carbocycles. The zero-order chi connectivity index (χ0) is 20.6. The molecule has 0 amide bonds. The van der Waals surface area contributed by atoms with E-state index in [1.807, 2.05) is 0 Å². The number of carboxylic acids is 1. The van der Waals surface area contributed by atoms with Crippen molar-refractivity contribution < 1.29 is 19.4 Å². The Morgan fingerprint density at radius 2 is 1.85 bits per heavy atom. The van der Waals surface area contributed by atoms with Crippen LogP contribution in [0.1, 0.15) is 79.6 Å². The number of fused-ring (bicyclic) bond motifs is 1. The number of rotatable bonds is 7. The lowest BCUT2D eigenvalue weighted by atomic mass is 9.61. The van der Waals surface area contributed by atoms with Crippen molar-refractivity contribution in [2.24, 2.45) is 23.2 Å². The third-order valence-electron chi connectivity index (χ3n) is 8.26. The van der Waals surface area contributed by atoms with Crippen molar-refractivity contribution >= 4 is 14.3 Å². The summed E-state index contributed by atoms with van der Waals surface area (Å²) in [5, 5.41) is 18.8. The second kappa shape index (κ2) is 8.15. The highest BCUT2D eigenvalue weighted by atomic mass is 28.4. The molecule has 2 N–H and O–H groups in total. The first-order valence-corrected chi connectivity index (χ1v) is 13.8. The minimum atomic E-state index is -1.78. The van der Waals surface area contributed by atoms with Crippen LogP contribution >= 0.6 is 0 Å². The fourth-order valence-electron chi connectivity index (χ4n) is 5.54. The lowest BCUT2D eigenvalue weighted by Crippen LogP contribution is -2.50. The maximum atomic E-state index is 10.9. The average molecular weight is 399 g/mol. The van der Waals surface area contributed by atoms with Crippen LogP contribution in [0.25, 0.3) is 0 Å². The van der Waals surface area contributed by atoms with Crippen molar-refractivity contribution in [3.05, 3.63) is 0 Å². The molecule has 2 unspecified atom stereocenters. The Kier molecular flexibility index (Phi) is 6.91. The van der Waals surface area contributed by atoms with Gasteiger partial charge in [-0.05, 0) is 79.8 Å². The molecule has 0 aliphatic heterocycles. The van der Waals surface area contributed by atoms with Gasteiger partial charge in [-0.3, -0.25) is 0 Å². The van der Waals surface area contributed by atoms with Gasteiger partial charge in [0.05, 0.1) is 0 Å². The number of carboxylic acid groups (broad SMARTS) is 1. The van der Waals surface area contributed by atoms with Crippen LogP contribution in [-0.2, 0) is 9.22 Å². The normalized spacial score (nSPS) is 34.1. The third kappa shape index (κ3) is 4.79. The number of aliphatic hydroxyl groups is 1. The second-order valence-electron chi connectivity index (χ2n) is 11.0. The minimum absolute atomic E-state index is 0.235. The van der Waals surface area contributed by atoms with Crippen LogP contribution in [0.5, 0.6) is 0 Å². The van der Waals surface area contributed by atoms with E-state index in [4.69, 9.17) is 9.53 Å². The van der Waals surface area contributed by atoms with Gasteiger partial charge in [-0.15, -0.1) is 0 Å². The molecule has 2 fully saturated rings. The minimum Gasteiger partial charge on any atom is -0.479 e. The van der Waals surface area contributed by atoms with Crippen LogP contribution < -0.4 is 0 Å². The number of hydrogen-bond acceptors (Lipinski definition) is 3.